The van der Waals surface area contributed by atoms with E-state index in [1.807, 2.05) is 19.9 Å². The molecule has 1 aliphatic heterocycles. The fourth-order valence-electron chi connectivity index (χ4n) is 2.25. The summed E-state index contributed by atoms with van der Waals surface area (Å²) in [6.45, 7) is 8.33. The van der Waals surface area contributed by atoms with Gasteiger partial charge >= 0.3 is 0 Å². The molecule has 17 heavy (non-hydrogen) atoms. The third-order valence-corrected chi connectivity index (χ3v) is 3.25. The largest absolute Gasteiger partial charge is 0.353 e. The van der Waals surface area contributed by atoms with Crippen molar-refractivity contribution >= 4 is 5.95 Å². The molecule has 94 valence electrons. The molecule has 0 radical (unpaired) electrons. The molecule has 2 N–H and O–H groups in total. The lowest BCUT2D eigenvalue weighted by molar-refractivity contribution is 0.336. The second-order valence-corrected chi connectivity index (χ2v) is 5.14. The molecule has 2 heterocycles. The van der Waals surface area contributed by atoms with Gasteiger partial charge in [0, 0.05) is 24.0 Å². The molecule has 0 amide bonds. The first-order valence-corrected chi connectivity index (χ1v) is 6.43. The summed E-state index contributed by atoms with van der Waals surface area (Å²) >= 11 is 0. The van der Waals surface area contributed by atoms with Crippen LogP contribution in [-0.2, 0) is 0 Å². The molecule has 1 aliphatic rings. The molecule has 0 bridgehead atoms. The Labute approximate surface area is 103 Å². The van der Waals surface area contributed by atoms with Crippen LogP contribution in [0.5, 0.6) is 0 Å². The lowest BCUT2D eigenvalue weighted by Crippen LogP contribution is -2.42. The minimum Gasteiger partial charge on any atom is -0.353 e. The third kappa shape index (κ3) is 3.66. The molecule has 0 aliphatic carbocycles. The maximum atomic E-state index is 4.38. The average Bonchev–Trinajstić information content (AvgIpc) is 2.27. The minimum atomic E-state index is 0.551. The van der Waals surface area contributed by atoms with Gasteiger partial charge in [-0.25, -0.2) is 9.97 Å². The molecule has 2 rings (SSSR count). The van der Waals surface area contributed by atoms with Crippen LogP contribution in [0.4, 0.5) is 5.95 Å². The number of hydrogen-bond donors (Lipinski definition) is 2. The summed E-state index contributed by atoms with van der Waals surface area (Å²) in [4.78, 5) is 8.77. The smallest absolute Gasteiger partial charge is 0.223 e. The van der Waals surface area contributed by atoms with Crippen LogP contribution in [0.1, 0.15) is 31.2 Å². The van der Waals surface area contributed by atoms with Crippen molar-refractivity contribution in [1.82, 2.24) is 15.3 Å². The standard InChI is InChI=1S/C13H22N4/c1-9-4-5-12(14-7-9)8-15-13-16-10(2)6-11(3)17-13/h6,9,12,14H,4-5,7-8H2,1-3H3,(H,15,16,17). The van der Waals surface area contributed by atoms with Crippen molar-refractivity contribution in [3.8, 4) is 0 Å². The zero-order chi connectivity index (χ0) is 12.3. The van der Waals surface area contributed by atoms with Crippen LogP contribution in [-0.4, -0.2) is 29.1 Å². The molecule has 1 fully saturated rings. The molecule has 0 spiro atoms. The van der Waals surface area contributed by atoms with Gasteiger partial charge in [-0.15, -0.1) is 0 Å². The monoisotopic (exact) mass is 234 g/mol. The second kappa shape index (κ2) is 5.45. The van der Waals surface area contributed by atoms with E-state index in [2.05, 4.69) is 27.5 Å². The minimum absolute atomic E-state index is 0.551. The Morgan fingerprint density at radius 3 is 2.59 bits per heavy atom. The summed E-state index contributed by atoms with van der Waals surface area (Å²) in [6, 6.07) is 2.54. The number of rotatable bonds is 3. The molecular formula is C13H22N4. The summed E-state index contributed by atoms with van der Waals surface area (Å²) in [5.41, 5.74) is 2.04. The summed E-state index contributed by atoms with van der Waals surface area (Å²) in [5, 5.41) is 6.88. The first-order chi connectivity index (χ1) is 8.13. The summed E-state index contributed by atoms with van der Waals surface area (Å²) < 4.78 is 0. The Hall–Kier alpha value is -1.16. The van der Waals surface area contributed by atoms with Gasteiger partial charge in [-0.1, -0.05) is 6.92 Å². The van der Waals surface area contributed by atoms with E-state index in [9.17, 15) is 0 Å². The molecule has 1 aromatic rings. The Bertz CT molecular complexity index is 349. The Kier molecular flexibility index (Phi) is 3.94. The van der Waals surface area contributed by atoms with E-state index in [0.717, 1.165) is 36.3 Å². The highest BCUT2D eigenvalue weighted by Gasteiger charge is 2.17. The molecule has 1 saturated heterocycles. The Morgan fingerprint density at radius 1 is 1.29 bits per heavy atom. The van der Waals surface area contributed by atoms with Crippen molar-refractivity contribution in [2.45, 2.75) is 39.7 Å². The van der Waals surface area contributed by atoms with E-state index < -0.39 is 0 Å². The van der Waals surface area contributed by atoms with E-state index in [-0.39, 0.29) is 0 Å². The number of nitrogens with one attached hydrogen (secondary N) is 2. The summed E-state index contributed by atoms with van der Waals surface area (Å²) in [7, 11) is 0. The van der Waals surface area contributed by atoms with Crippen LogP contribution in [0.15, 0.2) is 6.07 Å². The van der Waals surface area contributed by atoms with Gasteiger partial charge < -0.3 is 10.6 Å². The first kappa shape index (κ1) is 12.3. The van der Waals surface area contributed by atoms with Gasteiger partial charge in [0.15, 0.2) is 0 Å². The van der Waals surface area contributed by atoms with E-state index in [4.69, 9.17) is 0 Å². The zero-order valence-electron chi connectivity index (χ0n) is 11.0. The van der Waals surface area contributed by atoms with Gasteiger partial charge in [-0.05, 0) is 45.2 Å². The van der Waals surface area contributed by atoms with Crippen molar-refractivity contribution < 1.29 is 0 Å². The molecular weight excluding hydrogens is 212 g/mol. The number of aromatic nitrogens is 2. The van der Waals surface area contributed by atoms with Gasteiger partial charge in [0.2, 0.25) is 5.95 Å². The van der Waals surface area contributed by atoms with E-state index in [1.165, 1.54) is 12.8 Å². The predicted octanol–water partition coefficient (Wildman–Crippen LogP) is 1.89. The molecule has 0 aromatic carbocycles. The third-order valence-electron chi connectivity index (χ3n) is 3.25. The van der Waals surface area contributed by atoms with Crippen LogP contribution in [0.2, 0.25) is 0 Å². The first-order valence-electron chi connectivity index (χ1n) is 6.43. The van der Waals surface area contributed by atoms with Crippen LogP contribution in [0.3, 0.4) is 0 Å². The normalized spacial score (nSPS) is 24.6. The van der Waals surface area contributed by atoms with Gasteiger partial charge in [0.05, 0.1) is 0 Å². The highest BCUT2D eigenvalue weighted by Crippen LogP contribution is 2.13. The lowest BCUT2D eigenvalue weighted by Gasteiger charge is -2.27. The lowest BCUT2D eigenvalue weighted by atomic mass is 9.96. The zero-order valence-corrected chi connectivity index (χ0v) is 11.0. The molecule has 2 unspecified atom stereocenters. The predicted molar refractivity (Wildman–Crippen MR) is 70.2 cm³/mol. The fourth-order valence-corrected chi connectivity index (χ4v) is 2.25. The van der Waals surface area contributed by atoms with Crippen molar-refractivity contribution in [3.05, 3.63) is 17.5 Å². The Balaban J connectivity index is 1.85. The number of anilines is 1. The molecule has 2 atom stereocenters. The number of hydrogen-bond acceptors (Lipinski definition) is 4. The maximum absolute atomic E-state index is 4.38. The van der Waals surface area contributed by atoms with Gasteiger partial charge in [0.25, 0.3) is 0 Å². The fraction of sp³-hybridized carbons (Fsp3) is 0.692. The summed E-state index contributed by atoms with van der Waals surface area (Å²) in [5.74, 6) is 1.56. The van der Waals surface area contributed by atoms with E-state index in [1.54, 1.807) is 0 Å². The van der Waals surface area contributed by atoms with Crippen LogP contribution >= 0.6 is 0 Å². The van der Waals surface area contributed by atoms with E-state index in [0.29, 0.717) is 6.04 Å². The van der Waals surface area contributed by atoms with Gasteiger partial charge in [-0.2, -0.15) is 0 Å². The van der Waals surface area contributed by atoms with Crippen molar-refractivity contribution in [1.29, 1.82) is 0 Å². The molecule has 0 saturated carbocycles. The quantitative estimate of drug-likeness (QED) is 0.838. The molecule has 4 heteroatoms. The highest BCUT2D eigenvalue weighted by molar-refractivity contribution is 5.27. The van der Waals surface area contributed by atoms with Crippen LogP contribution < -0.4 is 10.6 Å². The number of nitrogens with zero attached hydrogens (tertiary/aromatic N) is 2. The van der Waals surface area contributed by atoms with Crippen LogP contribution in [0.25, 0.3) is 0 Å². The second-order valence-electron chi connectivity index (χ2n) is 5.14. The molecule has 1 aromatic heterocycles. The van der Waals surface area contributed by atoms with Crippen molar-refractivity contribution in [2.75, 3.05) is 18.4 Å². The van der Waals surface area contributed by atoms with E-state index >= 15 is 0 Å². The average molecular weight is 234 g/mol. The molecule has 4 nitrogen and oxygen atoms in total. The SMILES string of the molecule is Cc1cc(C)nc(NCC2CCC(C)CN2)n1. The van der Waals surface area contributed by atoms with Gasteiger partial charge in [0.1, 0.15) is 0 Å². The highest BCUT2D eigenvalue weighted by atomic mass is 15.1. The van der Waals surface area contributed by atoms with Gasteiger partial charge in [-0.3, -0.25) is 0 Å². The van der Waals surface area contributed by atoms with Crippen molar-refractivity contribution in [2.24, 2.45) is 5.92 Å². The Morgan fingerprint density at radius 2 is 2.00 bits per heavy atom. The van der Waals surface area contributed by atoms with Crippen LogP contribution in [0, 0.1) is 19.8 Å². The maximum Gasteiger partial charge on any atom is 0.223 e. The number of piperidine rings is 1. The topological polar surface area (TPSA) is 49.8 Å². The summed E-state index contributed by atoms with van der Waals surface area (Å²) in [6.07, 6.45) is 2.55. The number of aryl methyl sites for hydroxylation is 2. The van der Waals surface area contributed by atoms with Crippen molar-refractivity contribution in [3.63, 3.8) is 0 Å².